The molecule has 4 aromatic rings. The van der Waals surface area contributed by atoms with E-state index < -0.39 is 17.6 Å². The van der Waals surface area contributed by atoms with Crippen LogP contribution < -0.4 is 14.8 Å². The normalized spacial score (nSPS) is 12.3. The van der Waals surface area contributed by atoms with Gasteiger partial charge in [-0.3, -0.25) is 9.69 Å². The van der Waals surface area contributed by atoms with Gasteiger partial charge in [0.1, 0.15) is 17.8 Å². The minimum atomic E-state index is -4.46. The molecule has 0 saturated carbocycles. The first-order valence-electron chi connectivity index (χ1n) is 12.6. The summed E-state index contributed by atoms with van der Waals surface area (Å²) in [5, 5.41) is 2.90. The van der Waals surface area contributed by atoms with E-state index in [1.807, 2.05) is 48.2 Å². The molecule has 0 bridgehead atoms. The number of aromatic nitrogens is 1. The first-order valence-corrected chi connectivity index (χ1v) is 12.6. The maximum atomic E-state index is 13.3. The lowest BCUT2D eigenvalue weighted by molar-refractivity contribution is -0.137. The summed E-state index contributed by atoms with van der Waals surface area (Å²) in [6, 6.07) is 19.8. The molecule has 1 heterocycles. The van der Waals surface area contributed by atoms with Gasteiger partial charge in [0.25, 0.3) is 5.91 Å². The number of alkyl halides is 3. The van der Waals surface area contributed by atoms with E-state index in [-0.39, 0.29) is 30.7 Å². The second-order valence-corrected chi connectivity index (χ2v) is 9.25. The van der Waals surface area contributed by atoms with Gasteiger partial charge in [0, 0.05) is 24.7 Å². The van der Waals surface area contributed by atoms with Crippen molar-refractivity contribution in [1.82, 2.24) is 15.2 Å². The highest BCUT2D eigenvalue weighted by atomic mass is 19.4. The van der Waals surface area contributed by atoms with Crippen LogP contribution in [-0.2, 0) is 25.8 Å². The standard InChI is InChI=1S/C30H30F3N3O4/c1-20(22-9-5-4-6-10-22)34-29(37)26-19-40-28(35-26)18-36(16-21-8-7-11-24(14-21)30(31,32)33)17-23-12-13-25(38-2)15-27(23)39-3/h4-15,19-20H,16-18H2,1-3H3,(H,34,37)/t20-/m0/s1. The summed E-state index contributed by atoms with van der Waals surface area (Å²) in [7, 11) is 3.08. The number of benzene rings is 3. The van der Waals surface area contributed by atoms with E-state index >= 15 is 0 Å². The molecule has 210 valence electrons. The van der Waals surface area contributed by atoms with Crippen molar-refractivity contribution >= 4 is 5.91 Å². The molecular weight excluding hydrogens is 523 g/mol. The number of carbonyl (C=O) groups excluding carboxylic acids is 1. The number of oxazole rings is 1. The maximum Gasteiger partial charge on any atom is 0.416 e. The largest absolute Gasteiger partial charge is 0.497 e. The molecular formula is C30H30F3N3O4. The van der Waals surface area contributed by atoms with Gasteiger partial charge in [-0.2, -0.15) is 13.2 Å². The molecule has 0 unspecified atom stereocenters. The topological polar surface area (TPSA) is 76.8 Å². The van der Waals surface area contributed by atoms with Crippen LogP contribution in [0, 0.1) is 0 Å². The van der Waals surface area contributed by atoms with Crippen molar-refractivity contribution in [3.8, 4) is 11.5 Å². The fourth-order valence-corrected chi connectivity index (χ4v) is 4.27. The van der Waals surface area contributed by atoms with Crippen LogP contribution in [0.2, 0.25) is 0 Å². The molecule has 0 spiro atoms. The van der Waals surface area contributed by atoms with E-state index in [2.05, 4.69) is 10.3 Å². The van der Waals surface area contributed by atoms with E-state index in [4.69, 9.17) is 13.9 Å². The van der Waals surface area contributed by atoms with Crippen LogP contribution in [0.4, 0.5) is 13.2 Å². The van der Waals surface area contributed by atoms with Crippen molar-refractivity contribution in [3.05, 3.63) is 113 Å². The average molecular weight is 554 g/mol. The van der Waals surface area contributed by atoms with Gasteiger partial charge in [0.15, 0.2) is 5.69 Å². The molecule has 0 aliphatic heterocycles. The molecule has 40 heavy (non-hydrogen) atoms. The Balaban J connectivity index is 1.55. The van der Waals surface area contributed by atoms with E-state index in [1.54, 1.807) is 25.3 Å². The molecule has 0 saturated heterocycles. The van der Waals surface area contributed by atoms with Crippen molar-refractivity contribution in [2.45, 2.75) is 38.8 Å². The van der Waals surface area contributed by atoms with Crippen LogP contribution in [0.5, 0.6) is 11.5 Å². The second kappa shape index (κ2) is 12.7. The highest BCUT2D eigenvalue weighted by molar-refractivity contribution is 5.92. The summed E-state index contributed by atoms with van der Waals surface area (Å²) in [6.07, 6.45) is -3.18. The lowest BCUT2D eigenvalue weighted by atomic mass is 10.1. The highest BCUT2D eigenvalue weighted by Gasteiger charge is 2.30. The van der Waals surface area contributed by atoms with Gasteiger partial charge in [-0.1, -0.05) is 54.6 Å². The molecule has 7 nitrogen and oxygen atoms in total. The Morgan fingerprint density at radius 2 is 1.75 bits per heavy atom. The number of halogens is 3. The Kier molecular flexibility index (Phi) is 9.11. The maximum absolute atomic E-state index is 13.3. The Labute approximate surface area is 230 Å². The third-order valence-corrected chi connectivity index (χ3v) is 6.34. The van der Waals surface area contributed by atoms with E-state index in [9.17, 15) is 18.0 Å². The minimum Gasteiger partial charge on any atom is -0.497 e. The molecule has 4 rings (SSSR count). The van der Waals surface area contributed by atoms with E-state index in [0.717, 1.165) is 23.3 Å². The first-order chi connectivity index (χ1) is 19.2. The summed E-state index contributed by atoms with van der Waals surface area (Å²) in [5.41, 5.74) is 1.58. The molecule has 1 atom stereocenters. The van der Waals surface area contributed by atoms with Crippen LogP contribution in [0.1, 0.15) is 51.6 Å². The van der Waals surface area contributed by atoms with Crippen molar-refractivity contribution in [2.24, 2.45) is 0 Å². The molecule has 0 aliphatic rings. The van der Waals surface area contributed by atoms with Gasteiger partial charge in [-0.15, -0.1) is 0 Å². The van der Waals surface area contributed by atoms with Crippen LogP contribution in [-0.4, -0.2) is 30.0 Å². The van der Waals surface area contributed by atoms with Gasteiger partial charge in [0.05, 0.1) is 32.4 Å². The van der Waals surface area contributed by atoms with Gasteiger partial charge in [0.2, 0.25) is 5.89 Å². The summed E-state index contributed by atoms with van der Waals surface area (Å²) in [6.45, 7) is 2.46. The second-order valence-electron chi connectivity index (χ2n) is 9.25. The zero-order chi connectivity index (χ0) is 28.7. The summed E-state index contributed by atoms with van der Waals surface area (Å²) in [5.74, 6) is 1.03. The molecule has 1 amide bonds. The van der Waals surface area contributed by atoms with Crippen molar-refractivity contribution in [3.63, 3.8) is 0 Å². The first kappa shape index (κ1) is 28.7. The minimum absolute atomic E-state index is 0.110. The summed E-state index contributed by atoms with van der Waals surface area (Å²) in [4.78, 5) is 19.0. The lowest BCUT2D eigenvalue weighted by Crippen LogP contribution is -2.27. The fourth-order valence-electron chi connectivity index (χ4n) is 4.27. The number of rotatable bonds is 11. The van der Waals surface area contributed by atoms with Gasteiger partial charge in [-0.25, -0.2) is 4.98 Å². The monoisotopic (exact) mass is 553 g/mol. The van der Waals surface area contributed by atoms with Crippen molar-refractivity contribution in [1.29, 1.82) is 0 Å². The third-order valence-electron chi connectivity index (χ3n) is 6.34. The van der Waals surface area contributed by atoms with Crippen LogP contribution in [0.15, 0.2) is 83.5 Å². The zero-order valence-corrected chi connectivity index (χ0v) is 22.4. The number of amides is 1. The average Bonchev–Trinajstić information content (AvgIpc) is 3.42. The van der Waals surface area contributed by atoms with E-state index in [0.29, 0.717) is 23.6 Å². The predicted octanol–water partition coefficient (Wildman–Crippen LogP) is 6.40. The van der Waals surface area contributed by atoms with Crippen molar-refractivity contribution in [2.75, 3.05) is 14.2 Å². The molecule has 1 aromatic heterocycles. The Bertz CT molecular complexity index is 1420. The number of nitrogens with zero attached hydrogens (tertiary/aromatic N) is 2. The zero-order valence-electron chi connectivity index (χ0n) is 22.4. The number of hydrogen-bond acceptors (Lipinski definition) is 6. The Morgan fingerprint density at radius 3 is 2.45 bits per heavy atom. The SMILES string of the molecule is COc1ccc(CN(Cc2cccc(C(F)(F)F)c2)Cc2nc(C(=O)N[C@@H](C)c3ccccc3)co2)c(OC)c1. The van der Waals surface area contributed by atoms with Crippen molar-refractivity contribution < 1.29 is 31.9 Å². The molecule has 3 aromatic carbocycles. The molecule has 1 N–H and O–H groups in total. The van der Waals surface area contributed by atoms with Crippen LogP contribution >= 0.6 is 0 Å². The highest BCUT2D eigenvalue weighted by Crippen LogP contribution is 2.31. The lowest BCUT2D eigenvalue weighted by Gasteiger charge is -2.23. The van der Waals surface area contributed by atoms with Gasteiger partial charge in [-0.05, 0) is 30.2 Å². The summed E-state index contributed by atoms with van der Waals surface area (Å²) < 4.78 is 56.4. The molecule has 10 heteroatoms. The smallest absolute Gasteiger partial charge is 0.416 e. The fraction of sp³-hybridized carbons (Fsp3) is 0.267. The number of nitrogens with one attached hydrogen (secondary N) is 1. The van der Waals surface area contributed by atoms with Crippen LogP contribution in [0.25, 0.3) is 0 Å². The van der Waals surface area contributed by atoms with Gasteiger partial charge < -0.3 is 19.2 Å². The Hall–Kier alpha value is -4.31. The number of ether oxygens (including phenoxy) is 2. The third kappa shape index (κ3) is 7.41. The number of hydrogen-bond donors (Lipinski definition) is 1. The molecule has 0 fully saturated rings. The van der Waals surface area contributed by atoms with Crippen LogP contribution in [0.3, 0.4) is 0 Å². The molecule has 0 aliphatic carbocycles. The summed E-state index contributed by atoms with van der Waals surface area (Å²) >= 11 is 0. The predicted molar refractivity (Wildman–Crippen MR) is 143 cm³/mol. The van der Waals surface area contributed by atoms with Gasteiger partial charge >= 0.3 is 6.18 Å². The molecule has 0 radical (unpaired) electrons. The van der Waals surface area contributed by atoms with E-state index in [1.165, 1.54) is 19.4 Å². The Morgan fingerprint density at radius 1 is 0.975 bits per heavy atom. The quantitative estimate of drug-likeness (QED) is 0.232. The number of carbonyl (C=O) groups is 1. The number of methoxy groups -OCH3 is 2.